The fraction of sp³-hybridized carbons (Fsp3) is 0.0952. The average Bonchev–Trinajstić information content (AvgIpc) is 3.13. The van der Waals surface area contributed by atoms with Crippen molar-refractivity contribution in [1.29, 1.82) is 0 Å². The van der Waals surface area contributed by atoms with E-state index >= 15 is 0 Å². The Labute approximate surface area is 170 Å². The predicted octanol–water partition coefficient (Wildman–Crippen LogP) is 3.89. The summed E-state index contributed by atoms with van der Waals surface area (Å²) in [5.41, 5.74) is 1.37. The number of aromatic hydroxyl groups is 1. The summed E-state index contributed by atoms with van der Waals surface area (Å²) in [4.78, 5) is 28.0. The number of hydrogen-bond acceptors (Lipinski definition) is 4. The Morgan fingerprint density at radius 3 is 2.66 bits per heavy atom. The number of benzene rings is 2. The first-order valence-corrected chi connectivity index (χ1v) is 9.35. The van der Waals surface area contributed by atoms with Gasteiger partial charge < -0.3 is 15.4 Å². The van der Waals surface area contributed by atoms with Crippen molar-refractivity contribution in [2.75, 3.05) is 5.32 Å². The third-order valence-electron chi connectivity index (χ3n) is 4.66. The van der Waals surface area contributed by atoms with Crippen molar-refractivity contribution in [3.63, 3.8) is 0 Å². The molecule has 0 bridgehead atoms. The molecule has 4 aromatic rings. The number of para-hydroxylation sites is 1. The zero-order valence-electron chi connectivity index (χ0n) is 15.4. The molecule has 8 heteroatoms. The van der Waals surface area contributed by atoms with E-state index in [0.717, 1.165) is 5.56 Å². The van der Waals surface area contributed by atoms with Crippen molar-refractivity contribution in [1.82, 2.24) is 14.8 Å². The van der Waals surface area contributed by atoms with Crippen LogP contribution in [0.5, 0.6) is 5.75 Å². The van der Waals surface area contributed by atoms with E-state index in [9.17, 15) is 14.7 Å². The van der Waals surface area contributed by atoms with Crippen LogP contribution in [0, 0.1) is 0 Å². The molecule has 0 atom stereocenters. The summed E-state index contributed by atoms with van der Waals surface area (Å²) in [6.45, 7) is 1.96. The Bertz CT molecular complexity index is 1280. The molecule has 2 heterocycles. The van der Waals surface area contributed by atoms with Gasteiger partial charge in [0.1, 0.15) is 17.0 Å². The summed E-state index contributed by atoms with van der Waals surface area (Å²) in [5, 5.41) is 18.4. The molecule has 0 aliphatic rings. The molecule has 0 spiro atoms. The van der Waals surface area contributed by atoms with Crippen molar-refractivity contribution in [3.05, 3.63) is 81.2 Å². The number of aromatic nitrogens is 3. The van der Waals surface area contributed by atoms with Crippen LogP contribution >= 0.6 is 11.6 Å². The van der Waals surface area contributed by atoms with E-state index in [4.69, 9.17) is 11.6 Å². The SMILES string of the molecule is CCc1ccccc1NC(=O)c1c(O)c2cnn(-c3ccc(Cl)cc3)c2[nH]c1=O. The van der Waals surface area contributed by atoms with E-state index in [1.807, 2.05) is 19.1 Å². The van der Waals surface area contributed by atoms with Gasteiger partial charge in [0, 0.05) is 10.7 Å². The number of H-pyrrole nitrogens is 1. The number of carbonyl (C=O) groups excluding carboxylic acids is 1. The standard InChI is InChI=1S/C21H17ClN4O3/c1-2-12-5-3-4-6-16(12)24-20(28)17-18(27)15-11-23-26(19(15)25-21(17)29)14-9-7-13(22)8-10-14/h3-11H,2H2,1H3,(H,24,28)(H2,25,27,29). The molecule has 1 amide bonds. The smallest absolute Gasteiger partial charge is 0.266 e. The first kappa shape index (κ1) is 18.8. The molecule has 0 unspecified atom stereocenters. The first-order chi connectivity index (χ1) is 14.0. The van der Waals surface area contributed by atoms with E-state index in [0.29, 0.717) is 22.8 Å². The van der Waals surface area contributed by atoms with E-state index < -0.39 is 17.2 Å². The van der Waals surface area contributed by atoms with Gasteiger partial charge in [-0.3, -0.25) is 9.59 Å². The third-order valence-corrected chi connectivity index (χ3v) is 4.92. The molecule has 0 aliphatic heterocycles. The molecular formula is C21H17ClN4O3. The van der Waals surface area contributed by atoms with Gasteiger partial charge >= 0.3 is 0 Å². The average molecular weight is 409 g/mol. The number of halogens is 1. The number of rotatable bonds is 4. The van der Waals surface area contributed by atoms with Gasteiger partial charge in [-0.1, -0.05) is 36.7 Å². The number of hydrogen-bond donors (Lipinski definition) is 3. The number of nitrogens with one attached hydrogen (secondary N) is 2. The van der Waals surface area contributed by atoms with E-state index in [-0.39, 0.29) is 16.6 Å². The lowest BCUT2D eigenvalue weighted by Gasteiger charge is -2.11. The molecule has 146 valence electrons. The minimum absolute atomic E-state index is 0.258. The molecule has 4 rings (SSSR count). The number of carbonyl (C=O) groups is 1. The lowest BCUT2D eigenvalue weighted by molar-refractivity contribution is 0.102. The van der Waals surface area contributed by atoms with Crippen molar-refractivity contribution in [2.24, 2.45) is 0 Å². The van der Waals surface area contributed by atoms with Crippen LogP contribution in [0.1, 0.15) is 22.8 Å². The second kappa shape index (κ2) is 7.44. The second-order valence-corrected chi connectivity index (χ2v) is 6.87. The zero-order valence-corrected chi connectivity index (χ0v) is 16.2. The van der Waals surface area contributed by atoms with Gasteiger partial charge in [0.25, 0.3) is 11.5 Å². The summed E-state index contributed by atoms with van der Waals surface area (Å²) in [5.74, 6) is -1.11. The van der Waals surface area contributed by atoms with Gasteiger partial charge in [0.2, 0.25) is 0 Å². The largest absolute Gasteiger partial charge is 0.506 e. The topological polar surface area (TPSA) is 100 Å². The van der Waals surface area contributed by atoms with Crippen LogP contribution in [0.3, 0.4) is 0 Å². The highest BCUT2D eigenvalue weighted by Crippen LogP contribution is 2.27. The highest BCUT2D eigenvalue weighted by molar-refractivity contribution is 6.30. The normalized spacial score (nSPS) is 11.0. The summed E-state index contributed by atoms with van der Waals surface area (Å²) < 4.78 is 1.46. The van der Waals surface area contributed by atoms with Crippen LogP contribution in [-0.2, 0) is 6.42 Å². The van der Waals surface area contributed by atoms with Crippen molar-refractivity contribution >= 4 is 34.2 Å². The van der Waals surface area contributed by atoms with Crippen molar-refractivity contribution < 1.29 is 9.90 Å². The Morgan fingerprint density at radius 1 is 1.21 bits per heavy atom. The molecule has 2 aromatic heterocycles. The monoisotopic (exact) mass is 408 g/mol. The summed E-state index contributed by atoms with van der Waals surface area (Å²) in [7, 11) is 0. The number of pyridine rings is 1. The second-order valence-electron chi connectivity index (χ2n) is 6.44. The van der Waals surface area contributed by atoms with Crippen LogP contribution in [0.2, 0.25) is 5.02 Å². The first-order valence-electron chi connectivity index (χ1n) is 8.97. The van der Waals surface area contributed by atoms with Crippen LogP contribution in [0.15, 0.2) is 59.5 Å². The molecule has 0 radical (unpaired) electrons. The molecule has 0 fully saturated rings. The van der Waals surface area contributed by atoms with Gasteiger partial charge in [-0.25, -0.2) is 4.68 Å². The molecule has 7 nitrogen and oxygen atoms in total. The highest BCUT2D eigenvalue weighted by atomic mass is 35.5. The lowest BCUT2D eigenvalue weighted by Crippen LogP contribution is -2.24. The van der Waals surface area contributed by atoms with E-state index in [2.05, 4.69) is 15.4 Å². The van der Waals surface area contributed by atoms with Crippen LogP contribution in [-0.4, -0.2) is 25.8 Å². The molecule has 0 saturated carbocycles. The van der Waals surface area contributed by atoms with Gasteiger partial charge in [-0.15, -0.1) is 0 Å². The fourth-order valence-electron chi connectivity index (χ4n) is 3.18. The van der Waals surface area contributed by atoms with Gasteiger partial charge in [0.15, 0.2) is 0 Å². The van der Waals surface area contributed by atoms with Crippen molar-refractivity contribution in [3.8, 4) is 11.4 Å². The molecule has 2 aromatic carbocycles. The Kier molecular flexibility index (Phi) is 4.82. The van der Waals surface area contributed by atoms with Gasteiger partial charge in [-0.2, -0.15) is 5.10 Å². The number of nitrogens with zero attached hydrogens (tertiary/aromatic N) is 2. The summed E-state index contributed by atoms with van der Waals surface area (Å²) >= 11 is 5.91. The molecule has 29 heavy (non-hydrogen) atoms. The Morgan fingerprint density at radius 2 is 1.93 bits per heavy atom. The number of fused-ring (bicyclic) bond motifs is 1. The summed E-state index contributed by atoms with van der Waals surface area (Å²) in [6.07, 6.45) is 2.11. The minimum Gasteiger partial charge on any atom is -0.506 e. The molecule has 0 aliphatic carbocycles. The molecule has 0 saturated heterocycles. The number of anilines is 1. The fourth-order valence-corrected chi connectivity index (χ4v) is 3.30. The molecule has 3 N–H and O–H groups in total. The quantitative estimate of drug-likeness (QED) is 0.477. The Hall–Kier alpha value is -3.58. The van der Waals surface area contributed by atoms with Crippen LogP contribution in [0.4, 0.5) is 5.69 Å². The van der Waals surface area contributed by atoms with Crippen LogP contribution in [0.25, 0.3) is 16.7 Å². The summed E-state index contributed by atoms with van der Waals surface area (Å²) in [6, 6.07) is 14.1. The number of amides is 1. The third kappa shape index (κ3) is 3.36. The van der Waals surface area contributed by atoms with Crippen molar-refractivity contribution in [2.45, 2.75) is 13.3 Å². The van der Waals surface area contributed by atoms with E-state index in [1.165, 1.54) is 10.9 Å². The minimum atomic E-state index is -0.711. The maximum absolute atomic E-state index is 12.7. The highest BCUT2D eigenvalue weighted by Gasteiger charge is 2.22. The zero-order chi connectivity index (χ0) is 20.5. The maximum atomic E-state index is 12.7. The lowest BCUT2D eigenvalue weighted by atomic mass is 10.1. The Balaban J connectivity index is 1.78. The maximum Gasteiger partial charge on any atom is 0.266 e. The number of aryl methyl sites for hydroxylation is 1. The molecular weight excluding hydrogens is 392 g/mol. The van der Waals surface area contributed by atoms with Gasteiger partial charge in [-0.05, 0) is 42.3 Å². The van der Waals surface area contributed by atoms with Crippen LogP contribution < -0.4 is 10.9 Å². The van der Waals surface area contributed by atoms with Gasteiger partial charge in [0.05, 0.1) is 17.3 Å². The predicted molar refractivity (Wildman–Crippen MR) is 112 cm³/mol. The van der Waals surface area contributed by atoms with E-state index in [1.54, 1.807) is 36.4 Å². The number of aromatic amines is 1.